The lowest BCUT2D eigenvalue weighted by atomic mass is 11.2. The van der Waals surface area contributed by atoms with Gasteiger partial charge in [-0.15, -0.1) is 13.2 Å². The quantitative estimate of drug-likeness (QED) is 0.318. The third kappa shape index (κ3) is 3.46. The summed E-state index contributed by atoms with van der Waals surface area (Å²) in [7, 11) is 0. The van der Waals surface area contributed by atoms with Crippen LogP contribution < -0.4 is 0 Å². The molecule has 0 unspecified atom stereocenters. The fourth-order valence-corrected chi connectivity index (χ4v) is 0. The fraction of sp³-hybridized carbons (Fsp3) is 0.500. The molecule has 0 rings (SSSR count). The van der Waals surface area contributed by atoms with Gasteiger partial charge in [0.05, 0.1) is 0 Å². The van der Waals surface area contributed by atoms with Gasteiger partial charge in [-0.2, -0.15) is 0 Å². The average molecular weight is 97.0 g/mol. The number of hydrogen-bond donors (Lipinski definition) is 0. The topological polar surface area (TPSA) is 12.4 Å². The molecule has 0 atom stereocenters. The van der Waals surface area contributed by atoms with Crippen molar-refractivity contribution in [3.63, 3.8) is 0 Å². The second-order valence-electron chi connectivity index (χ2n) is 0.626. The van der Waals surface area contributed by atoms with Gasteiger partial charge in [0.2, 0.25) is 0 Å². The third-order valence-corrected chi connectivity index (χ3v) is 0.179. The summed E-state index contributed by atoms with van der Waals surface area (Å²) >= 11 is 0. The Labute approximate surface area is 32.5 Å². The summed E-state index contributed by atoms with van der Waals surface area (Å²) in [5.74, 6) is 0. The van der Waals surface area contributed by atoms with Crippen LogP contribution in [0.5, 0.6) is 0 Å². The summed E-state index contributed by atoms with van der Waals surface area (Å²) in [6.07, 6.45) is -4.44. The number of halogens is 3. The standard InChI is InChI=1S/C2H2F3N/c1-6-2(3,4)5/h1H2. The highest BCUT2D eigenvalue weighted by molar-refractivity contribution is 5.23. The molecule has 0 saturated carbocycles. The van der Waals surface area contributed by atoms with Crippen LogP contribution in [-0.4, -0.2) is 13.0 Å². The molecule has 0 heterocycles. The maximum atomic E-state index is 10.6. The zero-order chi connectivity index (χ0) is 5.21. The average Bonchev–Trinajstić information content (AvgIpc) is 1.35. The van der Waals surface area contributed by atoms with Crippen molar-refractivity contribution in [1.82, 2.24) is 0 Å². The second-order valence-corrected chi connectivity index (χ2v) is 0.626. The molecule has 1 nitrogen and oxygen atoms in total. The van der Waals surface area contributed by atoms with Crippen LogP contribution in [0.1, 0.15) is 0 Å². The van der Waals surface area contributed by atoms with Crippen LogP contribution in [0, 0.1) is 0 Å². The maximum Gasteiger partial charge on any atom is 0.502 e. The summed E-state index contributed by atoms with van der Waals surface area (Å²) in [4.78, 5) is 1.77. The van der Waals surface area contributed by atoms with Crippen LogP contribution in [0.3, 0.4) is 0 Å². The minimum absolute atomic E-state index is 1.77. The van der Waals surface area contributed by atoms with E-state index in [2.05, 4.69) is 6.72 Å². The molecule has 0 aromatic heterocycles. The Morgan fingerprint density at radius 2 is 1.50 bits per heavy atom. The van der Waals surface area contributed by atoms with Gasteiger partial charge in [0.15, 0.2) is 0 Å². The van der Waals surface area contributed by atoms with E-state index in [4.69, 9.17) is 0 Å². The van der Waals surface area contributed by atoms with Gasteiger partial charge in [-0.3, -0.25) is 0 Å². The summed E-state index contributed by atoms with van der Waals surface area (Å²) in [5, 5.41) is 0. The molecule has 0 N–H and O–H groups in total. The van der Waals surface area contributed by atoms with E-state index in [1.54, 1.807) is 4.99 Å². The molecule has 0 spiro atoms. The van der Waals surface area contributed by atoms with Crippen molar-refractivity contribution in [2.24, 2.45) is 4.99 Å². The van der Waals surface area contributed by atoms with Gasteiger partial charge in [-0.1, -0.05) is 0 Å². The van der Waals surface area contributed by atoms with Crippen molar-refractivity contribution in [2.75, 3.05) is 0 Å². The van der Waals surface area contributed by atoms with Gasteiger partial charge >= 0.3 is 6.30 Å². The van der Waals surface area contributed by atoms with Gasteiger partial charge in [-0.25, -0.2) is 4.99 Å². The van der Waals surface area contributed by atoms with E-state index in [1.807, 2.05) is 0 Å². The van der Waals surface area contributed by atoms with Crippen LogP contribution >= 0.6 is 0 Å². The molecule has 0 radical (unpaired) electrons. The molecular weight excluding hydrogens is 95.0 g/mol. The molecule has 0 aliphatic rings. The number of nitrogens with zero attached hydrogens (tertiary/aromatic N) is 1. The van der Waals surface area contributed by atoms with Crippen LogP contribution in [0.2, 0.25) is 0 Å². The first-order valence-electron chi connectivity index (χ1n) is 1.11. The minimum atomic E-state index is -4.44. The Balaban J connectivity index is 3.45. The van der Waals surface area contributed by atoms with E-state index >= 15 is 0 Å². The van der Waals surface area contributed by atoms with E-state index in [9.17, 15) is 13.2 Å². The van der Waals surface area contributed by atoms with Crippen molar-refractivity contribution in [3.05, 3.63) is 0 Å². The van der Waals surface area contributed by atoms with Crippen molar-refractivity contribution >= 4 is 6.72 Å². The van der Waals surface area contributed by atoms with E-state index in [0.717, 1.165) is 0 Å². The molecule has 0 aromatic rings. The van der Waals surface area contributed by atoms with Gasteiger partial charge in [0.1, 0.15) is 0 Å². The van der Waals surface area contributed by atoms with Gasteiger partial charge in [0, 0.05) is 0 Å². The predicted molar refractivity (Wildman–Crippen MR) is 15.6 cm³/mol. The first kappa shape index (κ1) is 5.46. The SMILES string of the molecule is C=NC(F)(F)F. The highest BCUT2D eigenvalue weighted by atomic mass is 19.4. The Bertz CT molecular complexity index is 54.3. The van der Waals surface area contributed by atoms with Crippen molar-refractivity contribution in [2.45, 2.75) is 6.30 Å². The summed E-state index contributed by atoms with van der Waals surface area (Å²) in [6.45, 7) is 2.26. The number of rotatable bonds is 0. The predicted octanol–water partition coefficient (Wildman–Crippen LogP) is 1.21. The van der Waals surface area contributed by atoms with Crippen LogP contribution in [0.25, 0.3) is 0 Å². The molecular formula is C2H2F3N. The lowest BCUT2D eigenvalue weighted by Crippen LogP contribution is -1.98. The van der Waals surface area contributed by atoms with E-state index in [0.29, 0.717) is 0 Å². The molecule has 0 fully saturated rings. The largest absolute Gasteiger partial charge is 0.502 e. The third-order valence-electron chi connectivity index (χ3n) is 0.179. The first-order valence-corrected chi connectivity index (χ1v) is 1.11. The molecule has 0 aromatic carbocycles. The first-order chi connectivity index (χ1) is 2.56. The molecule has 0 aliphatic heterocycles. The van der Waals surface area contributed by atoms with Crippen LogP contribution in [-0.2, 0) is 0 Å². The highest BCUT2D eigenvalue weighted by Gasteiger charge is 2.22. The Morgan fingerprint density at radius 1 is 1.33 bits per heavy atom. The number of aliphatic imine (C=N–C) groups is 1. The zero-order valence-electron chi connectivity index (χ0n) is 2.79. The highest BCUT2D eigenvalue weighted by Crippen LogP contribution is 2.13. The zero-order valence-corrected chi connectivity index (χ0v) is 2.79. The van der Waals surface area contributed by atoms with Crippen molar-refractivity contribution in [1.29, 1.82) is 0 Å². The smallest absolute Gasteiger partial charge is 0.201 e. The van der Waals surface area contributed by atoms with Crippen LogP contribution in [0.15, 0.2) is 4.99 Å². The molecule has 0 aliphatic carbocycles. The molecule has 0 amide bonds. The van der Waals surface area contributed by atoms with E-state index in [1.165, 1.54) is 0 Å². The van der Waals surface area contributed by atoms with E-state index in [-0.39, 0.29) is 0 Å². The lowest BCUT2D eigenvalue weighted by molar-refractivity contribution is -0.118. The monoisotopic (exact) mass is 97.0 g/mol. The molecule has 0 saturated heterocycles. The van der Waals surface area contributed by atoms with E-state index < -0.39 is 6.30 Å². The Kier molecular flexibility index (Phi) is 1.16. The minimum Gasteiger partial charge on any atom is -0.201 e. The van der Waals surface area contributed by atoms with Crippen LogP contribution in [0.4, 0.5) is 13.2 Å². The van der Waals surface area contributed by atoms with Gasteiger partial charge in [0.25, 0.3) is 0 Å². The summed E-state index contributed by atoms with van der Waals surface area (Å²) in [5.41, 5.74) is 0. The molecule has 4 heteroatoms. The molecule has 36 valence electrons. The summed E-state index contributed by atoms with van der Waals surface area (Å²) < 4.78 is 31.7. The van der Waals surface area contributed by atoms with Crippen molar-refractivity contribution in [3.8, 4) is 0 Å². The second kappa shape index (κ2) is 1.28. The summed E-state index contributed by atoms with van der Waals surface area (Å²) in [6, 6.07) is 0. The number of hydrogen-bond acceptors (Lipinski definition) is 1. The lowest BCUT2D eigenvalue weighted by Gasteiger charge is -1.90. The molecule has 0 bridgehead atoms. The number of alkyl halides is 3. The van der Waals surface area contributed by atoms with Crippen molar-refractivity contribution < 1.29 is 13.2 Å². The molecule has 6 heavy (non-hydrogen) atoms. The van der Waals surface area contributed by atoms with Gasteiger partial charge < -0.3 is 0 Å². The normalized spacial score (nSPS) is 11.2. The Hall–Kier alpha value is -0.540. The van der Waals surface area contributed by atoms with Gasteiger partial charge in [-0.05, 0) is 6.72 Å². The Morgan fingerprint density at radius 3 is 1.50 bits per heavy atom. The fourth-order valence-electron chi connectivity index (χ4n) is 0. The maximum absolute atomic E-state index is 10.6.